The molecule has 0 saturated heterocycles. The maximum Gasteiger partial charge on any atom is 0.291 e. The van der Waals surface area contributed by atoms with Crippen LogP contribution >= 0.6 is 11.3 Å². The fraction of sp³-hybridized carbons (Fsp3) is 0. The van der Waals surface area contributed by atoms with E-state index in [1.165, 1.54) is 34.2 Å². The lowest BCUT2D eigenvalue weighted by Gasteiger charge is -1.92. The normalized spacial score (nSPS) is 12.1. The molecule has 0 atom stereocenters. The molecule has 0 spiro atoms. The van der Waals surface area contributed by atoms with Crippen molar-refractivity contribution in [2.45, 2.75) is 0 Å². The lowest BCUT2D eigenvalue weighted by atomic mass is 10.2. The van der Waals surface area contributed by atoms with E-state index in [4.69, 9.17) is 4.42 Å². The Morgan fingerprint density at radius 2 is 2.04 bits per heavy atom. The number of benzene rings is 1. The molecule has 0 aliphatic carbocycles. The summed E-state index contributed by atoms with van der Waals surface area (Å²) in [6, 6.07) is 9.39. The number of hydrogen-bond acceptors (Lipinski definition) is 7. The molecule has 118 valence electrons. The first-order valence-electron chi connectivity index (χ1n) is 6.81. The third-order valence-corrected chi connectivity index (χ3v) is 4.28. The van der Waals surface area contributed by atoms with Crippen LogP contribution in [0.4, 0.5) is 5.69 Å². The first-order valence-corrected chi connectivity index (χ1v) is 7.63. The topological polar surface area (TPSA) is 104 Å². The van der Waals surface area contributed by atoms with Gasteiger partial charge in [0.2, 0.25) is 10.8 Å². The van der Waals surface area contributed by atoms with Gasteiger partial charge in [-0.1, -0.05) is 11.3 Å². The summed E-state index contributed by atoms with van der Waals surface area (Å²) in [5.41, 5.74) is 0.396. The van der Waals surface area contributed by atoms with Crippen molar-refractivity contribution < 1.29 is 9.34 Å². The van der Waals surface area contributed by atoms with E-state index < -0.39 is 4.92 Å². The Labute approximate surface area is 137 Å². The first-order chi connectivity index (χ1) is 11.6. The molecule has 0 saturated carbocycles. The molecule has 4 aromatic rings. The van der Waals surface area contributed by atoms with Crippen LogP contribution in [0.3, 0.4) is 0 Å². The molecule has 1 aromatic carbocycles. The SMILES string of the molecule is O=c1/c(=C/c2ccc([N+](=O)[O-])cc2)sc2nc(-c3ccco3)nn12. The average Bonchev–Trinajstić information content (AvgIpc) is 3.27. The Bertz CT molecular complexity index is 1140. The van der Waals surface area contributed by atoms with E-state index in [0.717, 1.165) is 0 Å². The quantitative estimate of drug-likeness (QED) is 0.416. The van der Waals surface area contributed by atoms with Gasteiger partial charge in [-0.2, -0.15) is 9.50 Å². The van der Waals surface area contributed by atoms with Crippen molar-refractivity contribution in [1.29, 1.82) is 0 Å². The highest BCUT2D eigenvalue weighted by atomic mass is 32.1. The summed E-state index contributed by atoms with van der Waals surface area (Å²) in [4.78, 5) is 27.3. The molecule has 0 N–H and O–H groups in total. The molecule has 0 unspecified atom stereocenters. The van der Waals surface area contributed by atoms with E-state index >= 15 is 0 Å². The summed E-state index contributed by atoms with van der Waals surface area (Å²) in [6.45, 7) is 0. The highest BCUT2D eigenvalue weighted by Crippen LogP contribution is 2.16. The molecule has 0 aliphatic heterocycles. The van der Waals surface area contributed by atoms with Gasteiger partial charge in [0.05, 0.1) is 15.7 Å². The smallest absolute Gasteiger partial charge is 0.291 e. The van der Waals surface area contributed by atoms with Crippen molar-refractivity contribution in [3.8, 4) is 11.6 Å². The molecule has 8 nitrogen and oxygen atoms in total. The van der Waals surface area contributed by atoms with Crippen molar-refractivity contribution in [3.05, 3.63) is 73.2 Å². The zero-order valence-corrected chi connectivity index (χ0v) is 12.8. The highest BCUT2D eigenvalue weighted by molar-refractivity contribution is 7.15. The van der Waals surface area contributed by atoms with Gasteiger partial charge < -0.3 is 4.42 Å². The van der Waals surface area contributed by atoms with Gasteiger partial charge in [0.1, 0.15) is 0 Å². The number of non-ortho nitro benzene ring substituents is 1. The van der Waals surface area contributed by atoms with E-state index in [2.05, 4.69) is 10.1 Å². The maximum atomic E-state index is 12.4. The number of nitrogens with zero attached hydrogens (tertiary/aromatic N) is 4. The van der Waals surface area contributed by atoms with E-state index in [9.17, 15) is 14.9 Å². The van der Waals surface area contributed by atoms with Crippen molar-refractivity contribution in [2.24, 2.45) is 0 Å². The number of fused-ring (bicyclic) bond motifs is 1. The van der Waals surface area contributed by atoms with Crippen LogP contribution < -0.4 is 10.1 Å². The monoisotopic (exact) mass is 340 g/mol. The van der Waals surface area contributed by atoms with Gasteiger partial charge >= 0.3 is 0 Å². The minimum absolute atomic E-state index is 0.000218. The van der Waals surface area contributed by atoms with Crippen LogP contribution in [-0.2, 0) is 0 Å². The van der Waals surface area contributed by atoms with Gasteiger partial charge in [0.25, 0.3) is 11.2 Å². The number of furan rings is 1. The Hall–Kier alpha value is -3.33. The Kier molecular flexibility index (Phi) is 3.21. The predicted molar refractivity (Wildman–Crippen MR) is 86.7 cm³/mol. The molecule has 0 amide bonds. The lowest BCUT2D eigenvalue weighted by molar-refractivity contribution is -0.384. The number of hydrogen-bond donors (Lipinski definition) is 0. The third kappa shape index (κ3) is 2.36. The first kappa shape index (κ1) is 14.3. The molecule has 9 heteroatoms. The maximum absolute atomic E-state index is 12.4. The van der Waals surface area contributed by atoms with Crippen LogP contribution in [-0.4, -0.2) is 19.5 Å². The number of nitro groups is 1. The zero-order chi connectivity index (χ0) is 16.7. The van der Waals surface area contributed by atoms with Crippen molar-refractivity contribution in [1.82, 2.24) is 14.6 Å². The van der Waals surface area contributed by atoms with Crippen LogP contribution in [0.2, 0.25) is 0 Å². The van der Waals surface area contributed by atoms with Crippen LogP contribution in [0, 0.1) is 10.1 Å². The minimum Gasteiger partial charge on any atom is -0.461 e. The van der Waals surface area contributed by atoms with Gasteiger partial charge in [-0.05, 0) is 35.9 Å². The van der Waals surface area contributed by atoms with E-state index in [1.807, 2.05) is 0 Å². The molecule has 4 rings (SSSR count). The van der Waals surface area contributed by atoms with Gasteiger partial charge in [0, 0.05) is 12.1 Å². The van der Waals surface area contributed by atoms with Gasteiger partial charge in [-0.15, -0.1) is 5.10 Å². The highest BCUT2D eigenvalue weighted by Gasteiger charge is 2.13. The number of rotatable bonds is 3. The van der Waals surface area contributed by atoms with Crippen molar-refractivity contribution in [2.75, 3.05) is 0 Å². The molecule has 3 aromatic heterocycles. The van der Waals surface area contributed by atoms with Gasteiger partial charge in [-0.25, -0.2) is 0 Å². The second kappa shape index (κ2) is 5.39. The molecule has 0 aliphatic rings. The summed E-state index contributed by atoms with van der Waals surface area (Å²) in [5.74, 6) is 0.844. The fourth-order valence-electron chi connectivity index (χ4n) is 2.19. The standard InChI is InChI=1S/C15H8N4O4S/c20-14-12(8-9-3-5-10(6-4-9)19(21)22)24-15-16-13(17-18(14)15)11-2-1-7-23-11/h1-8H/b12-8-. The van der Waals surface area contributed by atoms with E-state index in [-0.39, 0.29) is 11.2 Å². The zero-order valence-electron chi connectivity index (χ0n) is 11.9. The third-order valence-electron chi connectivity index (χ3n) is 3.33. The largest absolute Gasteiger partial charge is 0.461 e. The second-order valence-corrected chi connectivity index (χ2v) is 5.88. The number of aromatic nitrogens is 3. The molecule has 24 heavy (non-hydrogen) atoms. The number of nitro benzene ring substituents is 1. The van der Waals surface area contributed by atoms with Crippen LogP contribution in [0.15, 0.2) is 51.9 Å². The van der Waals surface area contributed by atoms with Crippen molar-refractivity contribution in [3.63, 3.8) is 0 Å². The Morgan fingerprint density at radius 3 is 2.67 bits per heavy atom. The average molecular weight is 340 g/mol. The molecule has 0 radical (unpaired) electrons. The lowest BCUT2D eigenvalue weighted by Crippen LogP contribution is -2.23. The molecular formula is C15H8N4O4S. The predicted octanol–water partition coefficient (Wildman–Crippen LogP) is 1.87. The summed E-state index contributed by atoms with van der Waals surface area (Å²) in [7, 11) is 0. The molecular weight excluding hydrogens is 332 g/mol. The van der Waals surface area contributed by atoms with Crippen LogP contribution in [0.25, 0.3) is 22.6 Å². The Balaban J connectivity index is 1.77. The summed E-state index contributed by atoms with van der Waals surface area (Å²) in [5, 5.41) is 14.8. The Morgan fingerprint density at radius 1 is 1.25 bits per heavy atom. The minimum atomic E-state index is -0.470. The van der Waals surface area contributed by atoms with Crippen molar-refractivity contribution >= 4 is 28.1 Å². The fourth-order valence-corrected chi connectivity index (χ4v) is 3.10. The summed E-state index contributed by atoms with van der Waals surface area (Å²) < 4.78 is 6.89. The van der Waals surface area contributed by atoms with Gasteiger partial charge in [0.15, 0.2) is 5.76 Å². The number of thiazole rings is 1. The van der Waals surface area contributed by atoms with Crippen LogP contribution in [0.1, 0.15) is 5.56 Å². The molecule has 0 fully saturated rings. The van der Waals surface area contributed by atoms with E-state index in [1.54, 1.807) is 30.3 Å². The molecule has 0 bridgehead atoms. The van der Waals surface area contributed by atoms with Gasteiger partial charge in [-0.3, -0.25) is 14.9 Å². The molecule has 3 heterocycles. The van der Waals surface area contributed by atoms with Crippen LogP contribution in [0.5, 0.6) is 0 Å². The summed E-state index contributed by atoms with van der Waals surface area (Å²) >= 11 is 1.19. The summed E-state index contributed by atoms with van der Waals surface area (Å²) in [6.07, 6.45) is 3.16. The van der Waals surface area contributed by atoms with E-state index in [0.29, 0.717) is 26.6 Å². The second-order valence-electron chi connectivity index (χ2n) is 4.87.